The number of nitrogens with two attached hydrogens (primary N) is 1. The number of rotatable bonds is 4. The Kier molecular flexibility index (Phi) is 4.15. The van der Waals surface area contributed by atoms with E-state index in [0.717, 1.165) is 6.54 Å². The van der Waals surface area contributed by atoms with Crippen molar-refractivity contribution in [2.45, 2.75) is 25.7 Å². The predicted octanol–water partition coefficient (Wildman–Crippen LogP) is 1.63. The maximum atomic E-state index is 12.3. The number of nitrogens with one attached hydrogen (secondary N) is 1. The summed E-state index contributed by atoms with van der Waals surface area (Å²) in [4.78, 5) is 18.0. The molecule has 0 radical (unpaired) electrons. The minimum absolute atomic E-state index is 0.00255. The molecule has 0 aromatic carbocycles. The largest absolute Gasteiger partial charge is 0.341 e. The molecule has 1 aromatic rings. The van der Waals surface area contributed by atoms with E-state index in [1.807, 2.05) is 7.05 Å². The summed E-state index contributed by atoms with van der Waals surface area (Å²) < 4.78 is 0. The van der Waals surface area contributed by atoms with Gasteiger partial charge in [0.15, 0.2) is 0 Å². The summed E-state index contributed by atoms with van der Waals surface area (Å²) in [5.41, 5.74) is 3.66. The fraction of sp³-hybridized carbons (Fsp3) is 0.538. The average Bonchev–Trinajstić information content (AvgIpc) is 2.90. The molecule has 3 N–H and O–H groups in total. The minimum atomic E-state index is -0.00255. The number of hydrogen-bond acceptors (Lipinski definition) is 4. The van der Waals surface area contributed by atoms with Gasteiger partial charge in [0.25, 0.3) is 5.91 Å². The summed E-state index contributed by atoms with van der Waals surface area (Å²) in [6, 6.07) is 1.70. The molecule has 0 unspecified atom stereocenters. The molecule has 0 atom stereocenters. The highest BCUT2D eigenvalue weighted by atomic mass is 16.2. The number of hydrazine groups is 1. The van der Waals surface area contributed by atoms with E-state index in [2.05, 4.69) is 10.4 Å². The lowest BCUT2D eigenvalue weighted by Gasteiger charge is -2.22. The van der Waals surface area contributed by atoms with Gasteiger partial charge in [0.1, 0.15) is 0 Å². The molecule has 1 heterocycles. The summed E-state index contributed by atoms with van der Waals surface area (Å²) in [6.45, 7) is 0.825. The molecule has 1 aromatic heterocycles. The molecule has 0 spiro atoms. The van der Waals surface area contributed by atoms with Gasteiger partial charge in [0.2, 0.25) is 0 Å². The Hall–Kier alpha value is -1.62. The standard InChI is InChI=1S/C13H20N4O/c1-17(9-10-4-2-3-5-10)13(18)11-6-7-15-8-12(11)16-14/h6-8,10,16H,2-5,9,14H2,1H3. The van der Waals surface area contributed by atoms with E-state index in [-0.39, 0.29) is 5.91 Å². The van der Waals surface area contributed by atoms with Crippen molar-refractivity contribution in [1.82, 2.24) is 9.88 Å². The highest BCUT2D eigenvalue weighted by Crippen LogP contribution is 2.26. The van der Waals surface area contributed by atoms with Crippen molar-refractivity contribution in [2.24, 2.45) is 11.8 Å². The lowest BCUT2D eigenvalue weighted by molar-refractivity contribution is 0.0774. The van der Waals surface area contributed by atoms with Crippen molar-refractivity contribution in [2.75, 3.05) is 19.0 Å². The summed E-state index contributed by atoms with van der Waals surface area (Å²) in [5.74, 6) is 6.04. The summed E-state index contributed by atoms with van der Waals surface area (Å²) in [6.07, 6.45) is 8.22. The zero-order chi connectivity index (χ0) is 13.0. The van der Waals surface area contributed by atoms with Gasteiger partial charge in [-0.3, -0.25) is 15.6 Å². The molecule has 5 heteroatoms. The number of carbonyl (C=O) groups excluding carboxylic acids is 1. The Balaban J connectivity index is 2.05. The van der Waals surface area contributed by atoms with Crippen LogP contribution in [0.5, 0.6) is 0 Å². The third-order valence-electron chi connectivity index (χ3n) is 3.56. The van der Waals surface area contributed by atoms with Crippen molar-refractivity contribution in [1.29, 1.82) is 0 Å². The molecule has 98 valence electrons. The number of pyridine rings is 1. The molecular formula is C13H20N4O. The molecule has 0 saturated heterocycles. The number of anilines is 1. The predicted molar refractivity (Wildman–Crippen MR) is 71.0 cm³/mol. The van der Waals surface area contributed by atoms with E-state index in [1.54, 1.807) is 23.4 Å². The molecule has 5 nitrogen and oxygen atoms in total. The fourth-order valence-corrected chi connectivity index (χ4v) is 2.56. The lowest BCUT2D eigenvalue weighted by atomic mass is 10.1. The van der Waals surface area contributed by atoms with Crippen LogP contribution >= 0.6 is 0 Å². The number of amides is 1. The molecule has 18 heavy (non-hydrogen) atoms. The van der Waals surface area contributed by atoms with Crippen LogP contribution in [0.4, 0.5) is 5.69 Å². The van der Waals surface area contributed by atoms with Gasteiger partial charge in [0, 0.05) is 19.8 Å². The first kappa shape index (κ1) is 12.8. The molecule has 1 amide bonds. The SMILES string of the molecule is CN(CC1CCCC1)C(=O)c1ccncc1NN. The van der Waals surface area contributed by atoms with Crippen molar-refractivity contribution in [3.8, 4) is 0 Å². The summed E-state index contributed by atoms with van der Waals surface area (Å²) in [5, 5.41) is 0. The first-order chi connectivity index (χ1) is 8.72. The van der Waals surface area contributed by atoms with Gasteiger partial charge in [-0.1, -0.05) is 12.8 Å². The van der Waals surface area contributed by atoms with Crippen LogP contribution in [-0.4, -0.2) is 29.4 Å². The quantitative estimate of drug-likeness (QED) is 0.627. The van der Waals surface area contributed by atoms with Crippen LogP contribution in [-0.2, 0) is 0 Å². The van der Waals surface area contributed by atoms with Gasteiger partial charge in [-0.2, -0.15) is 0 Å². The Morgan fingerprint density at radius 2 is 2.28 bits per heavy atom. The Bertz CT molecular complexity index is 415. The van der Waals surface area contributed by atoms with Crippen molar-refractivity contribution in [3.63, 3.8) is 0 Å². The van der Waals surface area contributed by atoms with Crippen LogP contribution in [0.15, 0.2) is 18.5 Å². The third kappa shape index (κ3) is 2.79. The Morgan fingerprint density at radius 3 is 2.94 bits per heavy atom. The third-order valence-corrected chi connectivity index (χ3v) is 3.56. The van der Waals surface area contributed by atoms with E-state index in [9.17, 15) is 4.79 Å². The highest BCUT2D eigenvalue weighted by molar-refractivity contribution is 5.99. The van der Waals surface area contributed by atoms with Crippen molar-refractivity contribution in [3.05, 3.63) is 24.0 Å². The number of carbonyl (C=O) groups is 1. The van der Waals surface area contributed by atoms with Crippen LogP contribution in [0, 0.1) is 5.92 Å². The van der Waals surface area contributed by atoms with Crippen LogP contribution in [0.25, 0.3) is 0 Å². The van der Waals surface area contributed by atoms with E-state index >= 15 is 0 Å². The monoisotopic (exact) mass is 248 g/mol. The molecule has 1 saturated carbocycles. The maximum Gasteiger partial charge on any atom is 0.255 e. The second-order valence-electron chi connectivity index (χ2n) is 4.90. The number of aromatic nitrogens is 1. The van der Waals surface area contributed by atoms with Crippen LogP contribution in [0.3, 0.4) is 0 Å². The molecular weight excluding hydrogens is 228 g/mol. The minimum Gasteiger partial charge on any atom is -0.341 e. The fourth-order valence-electron chi connectivity index (χ4n) is 2.56. The second kappa shape index (κ2) is 5.82. The molecule has 1 aliphatic rings. The van der Waals surface area contributed by atoms with E-state index < -0.39 is 0 Å². The van der Waals surface area contributed by atoms with Gasteiger partial charge >= 0.3 is 0 Å². The number of hydrogen-bond donors (Lipinski definition) is 2. The Labute approximate surface area is 107 Å². The smallest absolute Gasteiger partial charge is 0.255 e. The molecule has 0 bridgehead atoms. The highest BCUT2D eigenvalue weighted by Gasteiger charge is 2.21. The van der Waals surface area contributed by atoms with Crippen LogP contribution in [0.2, 0.25) is 0 Å². The van der Waals surface area contributed by atoms with Gasteiger partial charge in [-0.25, -0.2) is 0 Å². The Morgan fingerprint density at radius 1 is 1.56 bits per heavy atom. The first-order valence-electron chi connectivity index (χ1n) is 6.38. The van der Waals surface area contributed by atoms with Crippen LogP contribution in [0.1, 0.15) is 36.0 Å². The molecule has 1 aliphatic carbocycles. The first-order valence-corrected chi connectivity index (χ1v) is 6.38. The average molecular weight is 248 g/mol. The molecule has 1 fully saturated rings. The van der Waals surface area contributed by atoms with Gasteiger partial charge in [-0.15, -0.1) is 0 Å². The maximum absolute atomic E-state index is 12.3. The van der Waals surface area contributed by atoms with Crippen molar-refractivity contribution >= 4 is 11.6 Å². The van der Waals surface area contributed by atoms with Gasteiger partial charge in [0.05, 0.1) is 17.4 Å². The topological polar surface area (TPSA) is 71.2 Å². The molecule has 0 aliphatic heterocycles. The van der Waals surface area contributed by atoms with E-state index in [0.29, 0.717) is 17.2 Å². The second-order valence-corrected chi connectivity index (χ2v) is 4.90. The zero-order valence-corrected chi connectivity index (χ0v) is 10.7. The molecule has 2 rings (SSSR count). The normalized spacial score (nSPS) is 15.7. The summed E-state index contributed by atoms with van der Waals surface area (Å²) in [7, 11) is 1.85. The number of nitrogens with zero attached hydrogens (tertiary/aromatic N) is 2. The number of nitrogen functional groups attached to an aromatic ring is 1. The van der Waals surface area contributed by atoms with Gasteiger partial charge < -0.3 is 10.3 Å². The lowest BCUT2D eigenvalue weighted by Crippen LogP contribution is -2.32. The van der Waals surface area contributed by atoms with Gasteiger partial charge in [-0.05, 0) is 24.8 Å². The van der Waals surface area contributed by atoms with E-state index in [4.69, 9.17) is 5.84 Å². The van der Waals surface area contributed by atoms with Crippen molar-refractivity contribution < 1.29 is 4.79 Å². The summed E-state index contributed by atoms with van der Waals surface area (Å²) >= 11 is 0. The van der Waals surface area contributed by atoms with Crippen LogP contribution < -0.4 is 11.3 Å². The zero-order valence-electron chi connectivity index (χ0n) is 10.7. The van der Waals surface area contributed by atoms with E-state index in [1.165, 1.54) is 25.7 Å².